The van der Waals surface area contributed by atoms with Crippen LogP contribution in [0.2, 0.25) is 0 Å². The zero-order chi connectivity index (χ0) is 23.5. The molecule has 1 aliphatic carbocycles. The van der Waals surface area contributed by atoms with Crippen LogP contribution in [0.5, 0.6) is 0 Å². The molecule has 1 aromatic carbocycles. The molecule has 1 amide bonds. The van der Waals surface area contributed by atoms with Crippen LogP contribution in [0.1, 0.15) is 63.5 Å². The zero-order valence-electron chi connectivity index (χ0n) is 18.4. The number of fused-ring (bicyclic) bond motifs is 1. The van der Waals surface area contributed by atoms with Crippen molar-refractivity contribution in [2.45, 2.75) is 52.2 Å². The zero-order valence-corrected chi connectivity index (χ0v) is 19.2. The first-order valence-electron chi connectivity index (χ1n) is 10.8. The lowest BCUT2D eigenvalue weighted by Crippen LogP contribution is -2.20. The van der Waals surface area contributed by atoms with Crippen LogP contribution in [0.4, 0.5) is 10.8 Å². The molecule has 10 heteroatoms. The minimum atomic E-state index is -0.631. The number of anilines is 1. The number of thiophene rings is 1. The monoisotopic (exact) mass is 468 g/mol. The van der Waals surface area contributed by atoms with Crippen LogP contribution in [-0.2, 0) is 24.1 Å². The first-order chi connectivity index (χ1) is 15.8. The summed E-state index contributed by atoms with van der Waals surface area (Å²) < 4.78 is 6.74. The molecule has 0 saturated carbocycles. The molecule has 9 nitrogen and oxygen atoms in total. The standard InChI is InChI=1S/C23H24N4O5S/c1-14(2)32-23(29)20-16-10-6-7-11-18(16)33-22(20)24-21(28)17-12-19(27(30)31)25-26(17)13-15-8-4-3-5-9-15/h3-5,8-9,12,14H,6-7,10-11,13H2,1-2H3,(H,24,28). The van der Waals surface area contributed by atoms with Gasteiger partial charge in [-0.3, -0.25) is 4.79 Å². The summed E-state index contributed by atoms with van der Waals surface area (Å²) in [4.78, 5) is 37.8. The number of ether oxygens (including phenoxy) is 1. The molecular formula is C23H24N4O5S. The van der Waals surface area contributed by atoms with Gasteiger partial charge in [-0.1, -0.05) is 30.3 Å². The molecular weight excluding hydrogens is 444 g/mol. The number of amides is 1. The topological polar surface area (TPSA) is 116 Å². The Balaban J connectivity index is 1.68. The van der Waals surface area contributed by atoms with E-state index < -0.39 is 22.6 Å². The number of nitrogens with zero attached hydrogens (tertiary/aromatic N) is 3. The van der Waals surface area contributed by atoms with Crippen molar-refractivity contribution >= 4 is 34.0 Å². The Morgan fingerprint density at radius 3 is 2.67 bits per heavy atom. The average molecular weight is 469 g/mol. The minimum absolute atomic E-state index is 0.0418. The summed E-state index contributed by atoms with van der Waals surface area (Å²) in [5, 5.41) is 18.5. The third kappa shape index (κ3) is 4.95. The number of nitro groups is 1. The van der Waals surface area contributed by atoms with E-state index in [0.29, 0.717) is 10.6 Å². The van der Waals surface area contributed by atoms with E-state index in [1.807, 2.05) is 30.3 Å². The van der Waals surface area contributed by atoms with Gasteiger partial charge in [0, 0.05) is 4.88 Å². The molecule has 3 aromatic rings. The molecule has 0 atom stereocenters. The number of hydrogen-bond donors (Lipinski definition) is 1. The minimum Gasteiger partial charge on any atom is -0.459 e. The second-order valence-electron chi connectivity index (χ2n) is 8.11. The van der Waals surface area contributed by atoms with E-state index in [1.165, 1.54) is 16.0 Å². The van der Waals surface area contributed by atoms with Crippen molar-refractivity contribution in [2.75, 3.05) is 5.32 Å². The van der Waals surface area contributed by atoms with Gasteiger partial charge in [0.1, 0.15) is 5.00 Å². The number of aromatic nitrogens is 2. The molecule has 4 rings (SSSR count). The highest BCUT2D eigenvalue weighted by Crippen LogP contribution is 2.39. The Bertz CT molecular complexity index is 1200. The maximum Gasteiger partial charge on any atom is 0.390 e. The Morgan fingerprint density at radius 1 is 1.24 bits per heavy atom. The third-order valence-electron chi connectivity index (χ3n) is 5.31. The van der Waals surface area contributed by atoms with E-state index in [0.717, 1.165) is 47.8 Å². The predicted octanol–water partition coefficient (Wildman–Crippen LogP) is 4.60. The summed E-state index contributed by atoms with van der Waals surface area (Å²) in [7, 11) is 0. The Morgan fingerprint density at radius 2 is 1.97 bits per heavy atom. The second-order valence-corrected chi connectivity index (χ2v) is 9.22. The van der Waals surface area contributed by atoms with E-state index in [4.69, 9.17) is 4.74 Å². The van der Waals surface area contributed by atoms with E-state index >= 15 is 0 Å². The molecule has 0 spiro atoms. The summed E-state index contributed by atoms with van der Waals surface area (Å²) in [6.07, 6.45) is 3.29. The normalized spacial score (nSPS) is 12.9. The molecule has 33 heavy (non-hydrogen) atoms. The van der Waals surface area contributed by atoms with Crippen molar-refractivity contribution in [1.29, 1.82) is 0 Å². The van der Waals surface area contributed by atoms with Gasteiger partial charge in [-0.25, -0.2) is 4.79 Å². The van der Waals surface area contributed by atoms with Gasteiger partial charge in [-0.15, -0.1) is 11.3 Å². The lowest BCUT2D eigenvalue weighted by atomic mass is 9.95. The van der Waals surface area contributed by atoms with Gasteiger partial charge in [0.25, 0.3) is 5.91 Å². The van der Waals surface area contributed by atoms with Crippen LogP contribution in [0.3, 0.4) is 0 Å². The summed E-state index contributed by atoms with van der Waals surface area (Å²) >= 11 is 1.37. The number of aryl methyl sites for hydroxylation is 1. The fourth-order valence-electron chi connectivity index (χ4n) is 3.86. The summed E-state index contributed by atoms with van der Waals surface area (Å²) in [5.41, 5.74) is 2.20. The highest BCUT2D eigenvalue weighted by molar-refractivity contribution is 7.17. The van der Waals surface area contributed by atoms with Crippen molar-refractivity contribution in [3.8, 4) is 0 Å². The Labute approximate surface area is 194 Å². The molecule has 2 aromatic heterocycles. The van der Waals surface area contributed by atoms with Crippen LogP contribution >= 0.6 is 11.3 Å². The molecule has 0 unspecified atom stereocenters. The van der Waals surface area contributed by atoms with E-state index in [-0.39, 0.29) is 18.3 Å². The summed E-state index contributed by atoms with van der Waals surface area (Å²) in [6.45, 7) is 3.74. The van der Waals surface area contributed by atoms with E-state index in [1.54, 1.807) is 13.8 Å². The van der Waals surface area contributed by atoms with E-state index in [2.05, 4.69) is 10.4 Å². The molecule has 2 heterocycles. The first kappa shape index (κ1) is 22.7. The van der Waals surface area contributed by atoms with Crippen molar-refractivity contribution in [3.05, 3.63) is 73.8 Å². The number of benzene rings is 1. The van der Waals surface area contributed by atoms with Crippen molar-refractivity contribution in [1.82, 2.24) is 9.78 Å². The van der Waals surface area contributed by atoms with Crippen LogP contribution in [0.25, 0.3) is 0 Å². The quantitative estimate of drug-likeness (QED) is 0.308. The number of rotatable bonds is 7. The summed E-state index contributed by atoms with van der Waals surface area (Å²) in [6, 6.07) is 10.4. The molecule has 0 saturated heterocycles. The van der Waals surface area contributed by atoms with Gasteiger partial charge in [0.15, 0.2) is 5.69 Å². The van der Waals surface area contributed by atoms with Crippen molar-refractivity contribution in [2.24, 2.45) is 0 Å². The van der Waals surface area contributed by atoms with Gasteiger partial charge >= 0.3 is 11.8 Å². The molecule has 172 valence electrons. The summed E-state index contributed by atoms with van der Waals surface area (Å²) in [5.74, 6) is -1.45. The van der Waals surface area contributed by atoms with E-state index in [9.17, 15) is 19.7 Å². The van der Waals surface area contributed by atoms with Crippen LogP contribution in [-0.4, -0.2) is 32.7 Å². The van der Waals surface area contributed by atoms with Crippen molar-refractivity contribution < 1.29 is 19.2 Å². The fourth-order valence-corrected chi connectivity index (χ4v) is 5.13. The first-order valence-corrected chi connectivity index (χ1v) is 11.6. The van der Waals surface area contributed by atoms with Crippen LogP contribution in [0, 0.1) is 10.1 Å². The number of esters is 1. The average Bonchev–Trinajstić information content (AvgIpc) is 3.35. The lowest BCUT2D eigenvalue weighted by Gasteiger charge is -2.14. The van der Waals surface area contributed by atoms with Gasteiger partial charge in [0.05, 0.1) is 29.4 Å². The molecule has 0 aliphatic heterocycles. The predicted molar refractivity (Wildman–Crippen MR) is 124 cm³/mol. The van der Waals surface area contributed by atoms with Crippen LogP contribution < -0.4 is 5.32 Å². The smallest absolute Gasteiger partial charge is 0.390 e. The van der Waals surface area contributed by atoms with Crippen molar-refractivity contribution in [3.63, 3.8) is 0 Å². The third-order valence-corrected chi connectivity index (χ3v) is 6.51. The lowest BCUT2D eigenvalue weighted by molar-refractivity contribution is -0.389. The van der Waals surface area contributed by atoms with Gasteiger partial charge in [-0.05, 0) is 55.6 Å². The molecule has 1 N–H and O–H groups in total. The maximum atomic E-state index is 13.2. The number of hydrogen-bond acceptors (Lipinski definition) is 7. The molecule has 0 radical (unpaired) electrons. The Kier molecular flexibility index (Phi) is 6.55. The highest BCUT2D eigenvalue weighted by atomic mass is 32.1. The number of carbonyl (C=O) groups is 2. The Hall–Kier alpha value is -3.53. The molecule has 0 bridgehead atoms. The van der Waals surface area contributed by atoms with Gasteiger partial charge in [-0.2, -0.15) is 4.68 Å². The number of nitrogens with one attached hydrogen (secondary N) is 1. The molecule has 0 fully saturated rings. The van der Waals surface area contributed by atoms with Gasteiger partial charge < -0.3 is 20.2 Å². The molecule has 1 aliphatic rings. The number of carbonyl (C=O) groups excluding carboxylic acids is 2. The van der Waals surface area contributed by atoms with Crippen LogP contribution in [0.15, 0.2) is 36.4 Å². The highest BCUT2D eigenvalue weighted by Gasteiger charge is 2.30. The van der Waals surface area contributed by atoms with Gasteiger partial charge in [0.2, 0.25) is 0 Å². The largest absolute Gasteiger partial charge is 0.459 e. The maximum absolute atomic E-state index is 13.2. The SMILES string of the molecule is CC(C)OC(=O)c1c(NC(=O)c2cc([N+](=O)[O-])nn2Cc2ccccc2)sc2c1CCCC2. The second kappa shape index (κ2) is 9.53. The fraction of sp³-hybridized carbons (Fsp3) is 0.348.